The van der Waals surface area contributed by atoms with Crippen LogP contribution in [0, 0.1) is 13.8 Å². The summed E-state index contributed by atoms with van der Waals surface area (Å²) in [6, 6.07) is 12.9. The summed E-state index contributed by atoms with van der Waals surface area (Å²) in [5, 5.41) is 1.79. The Kier molecular flexibility index (Phi) is 5.40. The normalized spacial score (nSPS) is 15.2. The van der Waals surface area contributed by atoms with Gasteiger partial charge in [0.05, 0.1) is 6.54 Å². The monoisotopic (exact) mass is 411 g/mol. The number of benzene rings is 1. The highest BCUT2D eigenvalue weighted by molar-refractivity contribution is 7.11. The number of aromatic nitrogens is 1. The Balaban J connectivity index is 1.42. The molecule has 0 saturated carbocycles. The lowest BCUT2D eigenvalue weighted by molar-refractivity contribution is 0.0479. The van der Waals surface area contributed by atoms with Crippen molar-refractivity contribution in [2.24, 2.45) is 0 Å². The first-order valence-electron chi connectivity index (χ1n) is 9.32. The molecule has 0 unspecified atom stereocenters. The Bertz CT molecular complexity index is 1040. The van der Waals surface area contributed by atoms with Crippen LogP contribution in [0.4, 0.5) is 0 Å². The van der Waals surface area contributed by atoms with Crippen molar-refractivity contribution in [1.29, 1.82) is 0 Å². The molecule has 0 radical (unpaired) electrons. The van der Waals surface area contributed by atoms with Gasteiger partial charge in [0.2, 0.25) is 5.78 Å². The van der Waals surface area contributed by atoms with Gasteiger partial charge in [-0.15, -0.1) is 11.3 Å². The predicted molar refractivity (Wildman–Crippen MR) is 109 cm³/mol. The summed E-state index contributed by atoms with van der Waals surface area (Å²) in [7, 11) is 0. The van der Waals surface area contributed by atoms with Crippen LogP contribution in [0.1, 0.15) is 31.4 Å². The van der Waals surface area contributed by atoms with E-state index < -0.39 is 5.97 Å². The summed E-state index contributed by atoms with van der Waals surface area (Å²) < 4.78 is 19.0. The van der Waals surface area contributed by atoms with Crippen molar-refractivity contribution in [3.63, 3.8) is 0 Å². The molecule has 1 aromatic carbocycles. The third kappa shape index (κ3) is 4.05. The number of carbonyl (C=O) groups excluding carboxylic acids is 2. The predicted octanol–water partition coefficient (Wildman–Crippen LogP) is 4.05. The Labute approximate surface area is 172 Å². The minimum absolute atomic E-state index is 0.158. The van der Waals surface area contributed by atoms with Crippen LogP contribution < -0.4 is 9.47 Å². The van der Waals surface area contributed by atoms with E-state index in [1.165, 1.54) is 11.3 Å². The van der Waals surface area contributed by atoms with Crippen LogP contribution in [-0.4, -0.2) is 35.6 Å². The maximum Gasteiger partial charge on any atom is 0.348 e. The zero-order chi connectivity index (χ0) is 20.4. The number of ketones is 1. The second-order valence-corrected chi connectivity index (χ2v) is 7.82. The first-order valence-corrected chi connectivity index (χ1v) is 10.2. The minimum Gasteiger partial charge on any atom is -0.486 e. The highest BCUT2D eigenvalue weighted by Gasteiger charge is 2.24. The topological polar surface area (TPSA) is 66.8 Å². The smallest absolute Gasteiger partial charge is 0.348 e. The molecule has 0 spiro atoms. The van der Waals surface area contributed by atoms with Crippen LogP contribution in [0.15, 0.2) is 47.8 Å². The summed E-state index contributed by atoms with van der Waals surface area (Å²) in [5.41, 5.74) is 2.32. The molecular formula is C22H21NO5S. The van der Waals surface area contributed by atoms with Gasteiger partial charge >= 0.3 is 5.97 Å². The van der Waals surface area contributed by atoms with Crippen LogP contribution in [0.25, 0.3) is 0 Å². The molecule has 0 amide bonds. The number of esters is 1. The van der Waals surface area contributed by atoms with Gasteiger partial charge in [0.15, 0.2) is 24.2 Å². The number of fused-ring (bicyclic) bond motifs is 1. The molecule has 3 heterocycles. The second-order valence-electron chi connectivity index (χ2n) is 6.87. The zero-order valence-corrected chi connectivity index (χ0v) is 17.0. The van der Waals surface area contributed by atoms with Crippen molar-refractivity contribution >= 4 is 23.1 Å². The summed E-state index contributed by atoms with van der Waals surface area (Å²) >= 11 is 1.29. The van der Waals surface area contributed by atoms with Gasteiger partial charge in [0.25, 0.3) is 0 Å². The Hall–Kier alpha value is -3.06. The van der Waals surface area contributed by atoms with E-state index in [1.54, 1.807) is 17.5 Å². The van der Waals surface area contributed by atoms with Gasteiger partial charge in [0.1, 0.15) is 11.5 Å². The van der Waals surface area contributed by atoms with Crippen LogP contribution in [0.2, 0.25) is 0 Å². The lowest BCUT2D eigenvalue weighted by Gasteiger charge is -2.27. The maximum absolute atomic E-state index is 12.6. The van der Waals surface area contributed by atoms with Crippen molar-refractivity contribution in [2.75, 3.05) is 13.2 Å². The lowest BCUT2D eigenvalue weighted by atomic mass is 10.1. The van der Waals surface area contributed by atoms with E-state index >= 15 is 0 Å². The number of hydrogen-bond donors (Lipinski definition) is 0. The molecule has 1 aliphatic heterocycles. The molecule has 0 N–H and O–H groups in total. The molecule has 150 valence electrons. The summed E-state index contributed by atoms with van der Waals surface area (Å²) in [6.07, 6.45) is -0.158. The average Bonchev–Trinajstić information content (AvgIpc) is 3.36. The largest absolute Gasteiger partial charge is 0.486 e. The van der Waals surface area contributed by atoms with E-state index in [9.17, 15) is 9.59 Å². The van der Waals surface area contributed by atoms with E-state index in [0.717, 1.165) is 22.9 Å². The Morgan fingerprint density at radius 2 is 1.97 bits per heavy atom. The molecule has 6 nitrogen and oxygen atoms in total. The number of aryl methyl sites for hydroxylation is 1. The van der Waals surface area contributed by atoms with E-state index in [0.29, 0.717) is 23.6 Å². The minimum atomic E-state index is -0.478. The molecule has 0 aliphatic carbocycles. The van der Waals surface area contributed by atoms with E-state index in [1.807, 2.05) is 48.7 Å². The van der Waals surface area contributed by atoms with E-state index in [2.05, 4.69) is 0 Å². The standard InChI is InChI=1S/C22H21NO5S/c1-14-10-17(18(24)13-27-22(25)21-8-5-9-29-21)15(2)23(14)11-16-12-26-19-6-3-4-7-20(19)28-16/h3-10,16H,11-13H2,1-2H3/t16-/m1/s1. The first kappa shape index (κ1) is 19.3. The molecule has 1 aliphatic rings. The second kappa shape index (κ2) is 8.13. The van der Waals surface area contributed by atoms with Crippen LogP contribution >= 0.6 is 11.3 Å². The van der Waals surface area contributed by atoms with Crippen molar-refractivity contribution in [1.82, 2.24) is 4.57 Å². The molecule has 29 heavy (non-hydrogen) atoms. The Morgan fingerprint density at radius 1 is 1.17 bits per heavy atom. The van der Waals surface area contributed by atoms with Gasteiger partial charge in [0, 0.05) is 17.0 Å². The van der Waals surface area contributed by atoms with E-state index in [-0.39, 0.29) is 18.5 Å². The number of rotatable bonds is 6. The third-order valence-electron chi connectivity index (χ3n) is 4.88. The Morgan fingerprint density at radius 3 is 2.72 bits per heavy atom. The number of nitrogens with zero attached hydrogens (tertiary/aromatic N) is 1. The summed E-state index contributed by atoms with van der Waals surface area (Å²) in [4.78, 5) is 25.1. The van der Waals surface area contributed by atoms with Crippen LogP contribution in [-0.2, 0) is 11.3 Å². The maximum atomic E-state index is 12.6. The molecule has 1 atom stereocenters. The highest BCUT2D eigenvalue weighted by Crippen LogP contribution is 2.31. The fraction of sp³-hybridized carbons (Fsp3) is 0.273. The summed E-state index contributed by atoms with van der Waals surface area (Å²) in [5.74, 6) is 0.769. The van der Waals surface area contributed by atoms with Crippen molar-refractivity contribution in [3.8, 4) is 11.5 Å². The van der Waals surface area contributed by atoms with E-state index in [4.69, 9.17) is 14.2 Å². The SMILES string of the molecule is Cc1cc(C(=O)COC(=O)c2cccs2)c(C)n1C[C@@H]1COc2ccccc2O1. The van der Waals surface area contributed by atoms with Gasteiger partial charge in [-0.05, 0) is 43.5 Å². The molecule has 2 aromatic heterocycles. The van der Waals surface area contributed by atoms with Crippen molar-refractivity contribution < 1.29 is 23.8 Å². The average molecular weight is 411 g/mol. The van der Waals surface area contributed by atoms with Gasteiger partial charge in [-0.3, -0.25) is 4.79 Å². The number of para-hydroxylation sites is 2. The lowest BCUT2D eigenvalue weighted by Crippen LogP contribution is -2.33. The van der Waals surface area contributed by atoms with Crippen LogP contribution in [0.3, 0.4) is 0 Å². The number of ether oxygens (including phenoxy) is 3. The molecule has 0 bridgehead atoms. The molecule has 0 saturated heterocycles. The highest BCUT2D eigenvalue weighted by atomic mass is 32.1. The molecule has 4 rings (SSSR count). The van der Waals surface area contributed by atoms with Gasteiger partial charge in [-0.1, -0.05) is 18.2 Å². The fourth-order valence-corrected chi connectivity index (χ4v) is 4.01. The van der Waals surface area contributed by atoms with Gasteiger partial charge in [-0.25, -0.2) is 4.79 Å². The zero-order valence-electron chi connectivity index (χ0n) is 16.2. The molecule has 3 aromatic rings. The number of hydrogen-bond acceptors (Lipinski definition) is 6. The number of thiophene rings is 1. The number of Topliss-reactive ketones (excluding diaryl/α,β-unsaturated/α-hetero) is 1. The quantitative estimate of drug-likeness (QED) is 0.452. The van der Waals surface area contributed by atoms with Gasteiger partial charge < -0.3 is 18.8 Å². The fourth-order valence-electron chi connectivity index (χ4n) is 3.40. The van der Waals surface area contributed by atoms with Gasteiger partial charge in [-0.2, -0.15) is 0 Å². The first-order chi connectivity index (χ1) is 14.0. The number of carbonyl (C=O) groups is 2. The molecule has 0 fully saturated rings. The van der Waals surface area contributed by atoms with Crippen molar-refractivity contribution in [2.45, 2.75) is 26.5 Å². The molecule has 7 heteroatoms. The third-order valence-corrected chi connectivity index (χ3v) is 5.73. The van der Waals surface area contributed by atoms with Crippen molar-refractivity contribution in [3.05, 3.63) is 69.7 Å². The molecular weight excluding hydrogens is 390 g/mol. The van der Waals surface area contributed by atoms with Crippen LogP contribution in [0.5, 0.6) is 11.5 Å². The summed E-state index contributed by atoms with van der Waals surface area (Å²) in [6.45, 7) is 4.56.